The van der Waals surface area contributed by atoms with Crippen molar-refractivity contribution in [1.29, 1.82) is 0 Å². The van der Waals surface area contributed by atoms with Crippen molar-refractivity contribution in [2.45, 2.75) is 26.2 Å². The SMILES string of the molecule is CCOCC1CCN(C(=O)C2CCCNC2)C1.Cl. The third kappa shape index (κ3) is 4.11. The van der Waals surface area contributed by atoms with E-state index in [9.17, 15) is 4.79 Å². The van der Waals surface area contributed by atoms with Gasteiger partial charge >= 0.3 is 0 Å². The zero-order valence-corrected chi connectivity index (χ0v) is 12.0. The molecule has 0 aromatic rings. The molecule has 2 atom stereocenters. The largest absolute Gasteiger partial charge is 0.381 e. The van der Waals surface area contributed by atoms with Gasteiger partial charge in [-0.25, -0.2) is 0 Å². The number of carbonyl (C=O) groups excluding carboxylic acids is 1. The van der Waals surface area contributed by atoms with Gasteiger partial charge in [-0.1, -0.05) is 0 Å². The minimum atomic E-state index is 0. The van der Waals surface area contributed by atoms with E-state index in [0.717, 1.165) is 58.7 Å². The maximum Gasteiger partial charge on any atom is 0.226 e. The number of amides is 1. The van der Waals surface area contributed by atoms with Crippen LogP contribution >= 0.6 is 12.4 Å². The minimum Gasteiger partial charge on any atom is -0.381 e. The number of ether oxygens (including phenoxy) is 1. The van der Waals surface area contributed by atoms with E-state index >= 15 is 0 Å². The lowest BCUT2D eigenvalue weighted by molar-refractivity contribution is -0.135. The second kappa shape index (κ2) is 7.97. The van der Waals surface area contributed by atoms with Gasteiger partial charge in [0.15, 0.2) is 0 Å². The smallest absolute Gasteiger partial charge is 0.226 e. The number of rotatable bonds is 4. The van der Waals surface area contributed by atoms with Crippen molar-refractivity contribution >= 4 is 18.3 Å². The maximum absolute atomic E-state index is 12.3. The summed E-state index contributed by atoms with van der Waals surface area (Å²) in [6.45, 7) is 7.36. The molecule has 2 fully saturated rings. The lowest BCUT2D eigenvalue weighted by atomic mass is 9.98. The quantitative estimate of drug-likeness (QED) is 0.841. The molecule has 2 aliphatic rings. The molecule has 18 heavy (non-hydrogen) atoms. The molecule has 1 N–H and O–H groups in total. The first-order chi connectivity index (χ1) is 8.31. The van der Waals surface area contributed by atoms with Crippen molar-refractivity contribution in [2.75, 3.05) is 39.4 Å². The molecule has 0 bridgehead atoms. The Kier molecular flexibility index (Phi) is 6.97. The van der Waals surface area contributed by atoms with Gasteiger partial charge in [0.1, 0.15) is 0 Å². The van der Waals surface area contributed by atoms with Gasteiger partial charge in [-0.3, -0.25) is 4.79 Å². The van der Waals surface area contributed by atoms with E-state index in [4.69, 9.17) is 4.74 Å². The molecule has 2 saturated heterocycles. The molecule has 1 amide bonds. The highest BCUT2D eigenvalue weighted by Gasteiger charge is 2.31. The normalized spacial score (nSPS) is 27.9. The second-order valence-corrected chi connectivity index (χ2v) is 5.14. The van der Waals surface area contributed by atoms with Crippen LogP contribution in [0.15, 0.2) is 0 Å². The number of hydrogen-bond donors (Lipinski definition) is 1. The standard InChI is InChI=1S/C13H24N2O2.ClH/c1-2-17-10-11-5-7-15(9-11)13(16)12-4-3-6-14-8-12;/h11-12,14H,2-10H2,1H3;1H. The molecule has 0 spiro atoms. The van der Waals surface area contributed by atoms with Gasteiger partial charge in [-0.05, 0) is 32.7 Å². The third-order valence-electron chi connectivity index (χ3n) is 3.80. The summed E-state index contributed by atoms with van der Waals surface area (Å²) in [6, 6.07) is 0. The Morgan fingerprint density at radius 1 is 1.44 bits per heavy atom. The highest BCUT2D eigenvalue weighted by Crippen LogP contribution is 2.21. The molecule has 4 nitrogen and oxygen atoms in total. The van der Waals surface area contributed by atoms with E-state index in [1.165, 1.54) is 0 Å². The van der Waals surface area contributed by atoms with Crippen LogP contribution < -0.4 is 5.32 Å². The molecule has 2 heterocycles. The summed E-state index contributed by atoms with van der Waals surface area (Å²) in [5.41, 5.74) is 0. The average Bonchev–Trinajstić information content (AvgIpc) is 2.85. The van der Waals surface area contributed by atoms with Crippen molar-refractivity contribution in [3.63, 3.8) is 0 Å². The number of nitrogens with zero attached hydrogens (tertiary/aromatic N) is 1. The molecule has 0 aromatic heterocycles. The van der Waals surface area contributed by atoms with Gasteiger partial charge < -0.3 is 15.0 Å². The van der Waals surface area contributed by atoms with Crippen molar-refractivity contribution in [2.24, 2.45) is 11.8 Å². The first-order valence-electron chi connectivity index (χ1n) is 6.88. The Bertz CT molecular complexity index is 257. The van der Waals surface area contributed by atoms with Crippen molar-refractivity contribution in [3.8, 4) is 0 Å². The van der Waals surface area contributed by atoms with Crippen LogP contribution in [-0.4, -0.2) is 50.2 Å². The Labute approximate surface area is 116 Å². The zero-order chi connectivity index (χ0) is 12.1. The highest BCUT2D eigenvalue weighted by atomic mass is 35.5. The molecule has 5 heteroatoms. The van der Waals surface area contributed by atoms with Crippen LogP contribution in [0.1, 0.15) is 26.2 Å². The minimum absolute atomic E-state index is 0. The second-order valence-electron chi connectivity index (χ2n) is 5.14. The summed E-state index contributed by atoms with van der Waals surface area (Å²) in [7, 11) is 0. The fraction of sp³-hybridized carbons (Fsp3) is 0.923. The van der Waals surface area contributed by atoms with Crippen LogP contribution in [0.5, 0.6) is 0 Å². The predicted octanol–water partition coefficient (Wildman–Crippen LogP) is 1.29. The molecule has 0 aromatic carbocycles. The van der Waals surface area contributed by atoms with E-state index in [0.29, 0.717) is 11.8 Å². The van der Waals surface area contributed by atoms with Crippen LogP contribution in [0, 0.1) is 11.8 Å². The molecule has 0 aliphatic carbocycles. The zero-order valence-electron chi connectivity index (χ0n) is 11.2. The summed E-state index contributed by atoms with van der Waals surface area (Å²) in [6.07, 6.45) is 3.29. The predicted molar refractivity (Wildman–Crippen MR) is 74.0 cm³/mol. The Morgan fingerprint density at radius 3 is 2.94 bits per heavy atom. The van der Waals surface area contributed by atoms with E-state index < -0.39 is 0 Å². The number of hydrogen-bond acceptors (Lipinski definition) is 3. The Hall–Kier alpha value is -0.320. The van der Waals surface area contributed by atoms with Crippen LogP contribution in [0.2, 0.25) is 0 Å². The van der Waals surface area contributed by atoms with E-state index in [1.807, 2.05) is 11.8 Å². The lowest BCUT2D eigenvalue weighted by Crippen LogP contribution is -2.42. The molecule has 2 aliphatic heterocycles. The highest BCUT2D eigenvalue weighted by molar-refractivity contribution is 5.85. The first kappa shape index (κ1) is 15.7. The van der Waals surface area contributed by atoms with Crippen LogP contribution in [-0.2, 0) is 9.53 Å². The number of nitrogens with one attached hydrogen (secondary N) is 1. The van der Waals surface area contributed by atoms with Crippen LogP contribution in [0.3, 0.4) is 0 Å². The topological polar surface area (TPSA) is 41.6 Å². The fourth-order valence-corrected chi connectivity index (χ4v) is 2.77. The van der Waals surface area contributed by atoms with Gasteiger partial charge in [-0.2, -0.15) is 0 Å². The molecule has 2 rings (SSSR count). The van der Waals surface area contributed by atoms with Gasteiger partial charge in [0.2, 0.25) is 5.91 Å². The summed E-state index contributed by atoms with van der Waals surface area (Å²) in [5.74, 6) is 1.13. The maximum atomic E-state index is 12.3. The molecule has 0 saturated carbocycles. The lowest BCUT2D eigenvalue weighted by Gasteiger charge is -2.26. The first-order valence-corrected chi connectivity index (χ1v) is 6.88. The van der Waals surface area contributed by atoms with Gasteiger partial charge in [0.25, 0.3) is 0 Å². The van der Waals surface area contributed by atoms with Crippen LogP contribution in [0.4, 0.5) is 0 Å². The summed E-state index contributed by atoms with van der Waals surface area (Å²) in [5, 5.41) is 3.31. The molecule has 106 valence electrons. The van der Waals surface area contributed by atoms with Gasteiger partial charge in [-0.15, -0.1) is 12.4 Å². The van der Waals surface area contributed by atoms with Gasteiger partial charge in [0, 0.05) is 32.2 Å². The number of likely N-dealkylation sites (tertiary alicyclic amines) is 1. The Morgan fingerprint density at radius 2 is 2.28 bits per heavy atom. The molecular formula is C13H25ClN2O2. The van der Waals surface area contributed by atoms with Crippen molar-refractivity contribution in [1.82, 2.24) is 10.2 Å². The summed E-state index contributed by atoms with van der Waals surface area (Å²) in [4.78, 5) is 14.3. The van der Waals surface area contributed by atoms with Crippen LogP contribution in [0.25, 0.3) is 0 Å². The fourth-order valence-electron chi connectivity index (χ4n) is 2.77. The molecule has 0 radical (unpaired) electrons. The summed E-state index contributed by atoms with van der Waals surface area (Å²) >= 11 is 0. The number of piperidine rings is 1. The number of halogens is 1. The van der Waals surface area contributed by atoms with E-state index in [1.54, 1.807) is 0 Å². The van der Waals surface area contributed by atoms with E-state index in [-0.39, 0.29) is 18.3 Å². The molecule has 2 unspecified atom stereocenters. The van der Waals surface area contributed by atoms with Crippen molar-refractivity contribution in [3.05, 3.63) is 0 Å². The Balaban J connectivity index is 0.00000162. The monoisotopic (exact) mass is 276 g/mol. The van der Waals surface area contributed by atoms with Crippen molar-refractivity contribution < 1.29 is 9.53 Å². The molecular weight excluding hydrogens is 252 g/mol. The van der Waals surface area contributed by atoms with E-state index in [2.05, 4.69) is 5.32 Å². The number of carbonyl (C=O) groups is 1. The summed E-state index contributed by atoms with van der Waals surface area (Å²) < 4.78 is 5.44. The average molecular weight is 277 g/mol. The van der Waals surface area contributed by atoms with Gasteiger partial charge in [0.05, 0.1) is 12.5 Å². The third-order valence-corrected chi connectivity index (χ3v) is 3.80.